The number of carbonyl (C=O) groups excluding carboxylic acids is 2. The smallest absolute Gasteiger partial charge is 0.462 e. The molecule has 0 heterocycles. The number of esters is 2. The van der Waals surface area contributed by atoms with E-state index in [4.69, 9.17) is 18.5 Å². The molecular weight excluding hydrogens is 798 g/mol. The van der Waals surface area contributed by atoms with Gasteiger partial charge in [0.1, 0.15) is 6.61 Å². The molecule has 0 spiro atoms. The van der Waals surface area contributed by atoms with Crippen molar-refractivity contribution in [3.05, 3.63) is 24.3 Å². The molecule has 0 aromatic heterocycles. The van der Waals surface area contributed by atoms with Crippen LogP contribution < -0.4 is 5.32 Å². The molecule has 0 aliphatic heterocycles. The van der Waals surface area contributed by atoms with E-state index >= 15 is 0 Å². The molecule has 0 saturated heterocycles. The van der Waals surface area contributed by atoms with E-state index < -0.39 is 26.5 Å². The predicted octanol–water partition coefficient (Wildman–Crippen LogP) is 15.8. The molecule has 366 valence electrons. The summed E-state index contributed by atoms with van der Waals surface area (Å²) in [5.74, 6) is -0.797. The Morgan fingerprint density at radius 3 is 1.19 bits per heavy atom. The Balaban J connectivity index is 4.08. The summed E-state index contributed by atoms with van der Waals surface area (Å²) in [4.78, 5) is 35.3. The van der Waals surface area contributed by atoms with E-state index in [0.717, 1.165) is 32.1 Å². The number of phosphoric acid groups is 1. The molecule has 0 rings (SSSR count). The highest BCUT2D eigenvalue weighted by atomic mass is 31.2. The van der Waals surface area contributed by atoms with Crippen LogP contribution in [-0.4, -0.2) is 56.3 Å². The van der Waals surface area contributed by atoms with E-state index in [9.17, 15) is 19.0 Å². The van der Waals surface area contributed by atoms with Gasteiger partial charge in [0, 0.05) is 19.4 Å². The van der Waals surface area contributed by atoms with Gasteiger partial charge in [0.25, 0.3) is 0 Å². The van der Waals surface area contributed by atoms with Crippen LogP contribution in [0.2, 0.25) is 0 Å². The minimum absolute atomic E-state index is 0.0154. The first kappa shape index (κ1) is 60.5. The van der Waals surface area contributed by atoms with Gasteiger partial charge in [-0.15, -0.1) is 0 Å². The SMILES string of the molecule is CCCCCCCC/C=C\CCCCCCCCCCCCCC(=O)OC(COC(=O)CCCCCCCCCCC/C=C\CCCCCCCC)COP(=O)(O)OCCNC. The summed E-state index contributed by atoms with van der Waals surface area (Å²) in [6.07, 6.45) is 53.7. The average molecular weight is 898 g/mol. The summed E-state index contributed by atoms with van der Waals surface area (Å²) < 4.78 is 33.4. The molecule has 0 aromatic rings. The molecule has 0 aliphatic carbocycles. The normalized spacial score (nSPS) is 13.3. The maximum absolute atomic E-state index is 12.7. The third kappa shape index (κ3) is 48.0. The third-order valence-corrected chi connectivity index (χ3v) is 12.5. The van der Waals surface area contributed by atoms with E-state index in [2.05, 4.69) is 43.5 Å². The third-order valence-electron chi connectivity index (χ3n) is 11.5. The fourth-order valence-corrected chi connectivity index (χ4v) is 8.30. The van der Waals surface area contributed by atoms with Crippen molar-refractivity contribution in [1.29, 1.82) is 0 Å². The number of rotatable bonds is 50. The molecule has 62 heavy (non-hydrogen) atoms. The number of carbonyl (C=O) groups is 2. The minimum atomic E-state index is -4.35. The Bertz CT molecular complexity index is 1070. The molecule has 2 atom stereocenters. The maximum atomic E-state index is 12.7. The summed E-state index contributed by atoms with van der Waals surface area (Å²) in [6.45, 7) is 4.26. The zero-order chi connectivity index (χ0) is 45.3. The molecule has 0 aromatic carbocycles. The Morgan fingerprint density at radius 1 is 0.484 bits per heavy atom. The molecule has 0 amide bonds. The Hall–Kier alpha value is -1.51. The fourth-order valence-electron chi connectivity index (χ4n) is 7.54. The van der Waals surface area contributed by atoms with Crippen molar-refractivity contribution in [2.75, 3.05) is 33.4 Å². The maximum Gasteiger partial charge on any atom is 0.472 e. The van der Waals surface area contributed by atoms with Crippen molar-refractivity contribution >= 4 is 19.8 Å². The van der Waals surface area contributed by atoms with Gasteiger partial charge in [-0.25, -0.2) is 4.57 Å². The van der Waals surface area contributed by atoms with Crippen molar-refractivity contribution in [2.24, 2.45) is 0 Å². The highest BCUT2D eigenvalue weighted by molar-refractivity contribution is 7.47. The number of allylic oxidation sites excluding steroid dienone is 4. The molecule has 9 nitrogen and oxygen atoms in total. The lowest BCUT2D eigenvalue weighted by Crippen LogP contribution is -2.29. The van der Waals surface area contributed by atoms with E-state index in [1.165, 1.54) is 193 Å². The molecule has 2 N–H and O–H groups in total. The van der Waals surface area contributed by atoms with Gasteiger partial charge in [-0.2, -0.15) is 0 Å². The van der Waals surface area contributed by atoms with Crippen molar-refractivity contribution in [2.45, 2.75) is 264 Å². The molecule has 10 heteroatoms. The van der Waals surface area contributed by atoms with Gasteiger partial charge in [0.05, 0.1) is 13.2 Å². The van der Waals surface area contributed by atoms with Crippen LogP contribution in [0.4, 0.5) is 0 Å². The highest BCUT2D eigenvalue weighted by Gasteiger charge is 2.26. The molecule has 0 radical (unpaired) electrons. The lowest BCUT2D eigenvalue weighted by Gasteiger charge is -2.20. The fraction of sp³-hybridized carbons (Fsp3) is 0.885. The minimum Gasteiger partial charge on any atom is -0.462 e. The van der Waals surface area contributed by atoms with Crippen LogP contribution in [0, 0.1) is 0 Å². The second-order valence-corrected chi connectivity index (χ2v) is 19.2. The van der Waals surface area contributed by atoms with Crippen LogP contribution in [0.1, 0.15) is 258 Å². The molecule has 0 aliphatic rings. The Kier molecular flexibility index (Phi) is 47.7. The van der Waals surface area contributed by atoms with Crippen LogP contribution in [-0.2, 0) is 32.7 Å². The van der Waals surface area contributed by atoms with Gasteiger partial charge in [-0.1, -0.05) is 205 Å². The first-order valence-corrected chi connectivity index (χ1v) is 27.8. The molecule has 2 unspecified atom stereocenters. The molecule has 0 fully saturated rings. The lowest BCUT2D eigenvalue weighted by molar-refractivity contribution is -0.161. The first-order chi connectivity index (χ1) is 30.3. The van der Waals surface area contributed by atoms with E-state index in [0.29, 0.717) is 13.0 Å². The van der Waals surface area contributed by atoms with Crippen LogP contribution in [0.5, 0.6) is 0 Å². The van der Waals surface area contributed by atoms with Gasteiger partial charge in [-0.05, 0) is 71.3 Å². The van der Waals surface area contributed by atoms with Gasteiger partial charge >= 0.3 is 19.8 Å². The number of phosphoric ester groups is 1. The summed E-state index contributed by atoms with van der Waals surface area (Å²) in [7, 11) is -2.65. The first-order valence-electron chi connectivity index (χ1n) is 26.3. The predicted molar refractivity (Wildman–Crippen MR) is 262 cm³/mol. The van der Waals surface area contributed by atoms with Crippen molar-refractivity contribution in [1.82, 2.24) is 5.32 Å². The van der Waals surface area contributed by atoms with Crippen LogP contribution in [0.15, 0.2) is 24.3 Å². The van der Waals surface area contributed by atoms with Gasteiger partial charge < -0.3 is 19.7 Å². The van der Waals surface area contributed by atoms with E-state index in [1.54, 1.807) is 7.05 Å². The van der Waals surface area contributed by atoms with Crippen LogP contribution in [0.3, 0.4) is 0 Å². The largest absolute Gasteiger partial charge is 0.472 e. The number of nitrogens with one attached hydrogen (secondary N) is 1. The lowest BCUT2D eigenvalue weighted by atomic mass is 10.0. The summed E-state index contributed by atoms with van der Waals surface area (Å²) in [5, 5.41) is 2.83. The van der Waals surface area contributed by atoms with Crippen LogP contribution >= 0.6 is 7.82 Å². The summed E-state index contributed by atoms with van der Waals surface area (Å²) >= 11 is 0. The summed E-state index contributed by atoms with van der Waals surface area (Å²) in [6, 6.07) is 0. The van der Waals surface area contributed by atoms with Crippen LogP contribution in [0.25, 0.3) is 0 Å². The Labute approximate surface area is 383 Å². The number of hydrogen-bond acceptors (Lipinski definition) is 8. The monoisotopic (exact) mass is 898 g/mol. The quantitative estimate of drug-likeness (QED) is 0.0266. The Morgan fingerprint density at radius 2 is 0.823 bits per heavy atom. The average Bonchev–Trinajstić information content (AvgIpc) is 3.26. The molecule has 0 saturated carbocycles. The number of hydrogen-bond donors (Lipinski definition) is 2. The second kappa shape index (κ2) is 48.9. The zero-order valence-corrected chi connectivity index (χ0v) is 41.7. The molecule has 0 bridgehead atoms. The van der Waals surface area contributed by atoms with Crippen molar-refractivity contribution < 1.29 is 37.6 Å². The van der Waals surface area contributed by atoms with Gasteiger partial charge in [0.15, 0.2) is 6.10 Å². The standard InChI is InChI=1S/C52H100NO8P/c1-4-6-8-10-12-14-16-18-20-22-24-25-27-29-31-33-35-37-39-41-43-45-52(55)61-50(49-60-62(56,57)59-47-46-53-3)48-58-51(54)44-42-40-38-36-34-32-30-28-26-23-21-19-17-15-13-11-9-7-5-2/h18-21,50,53H,4-17,22-49H2,1-3H3,(H,56,57)/b20-18-,21-19-. The number of likely N-dealkylation sites (N-methyl/N-ethyl adjacent to an activating group) is 1. The van der Waals surface area contributed by atoms with Crippen molar-refractivity contribution in [3.8, 4) is 0 Å². The number of ether oxygens (including phenoxy) is 2. The topological polar surface area (TPSA) is 120 Å². The number of unbranched alkanes of at least 4 members (excludes halogenated alkanes) is 32. The zero-order valence-electron chi connectivity index (χ0n) is 40.8. The van der Waals surface area contributed by atoms with E-state index in [1.807, 2.05) is 0 Å². The highest BCUT2D eigenvalue weighted by Crippen LogP contribution is 2.43. The van der Waals surface area contributed by atoms with Crippen molar-refractivity contribution in [3.63, 3.8) is 0 Å². The summed E-state index contributed by atoms with van der Waals surface area (Å²) in [5.41, 5.74) is 0. The van der Waals surface area contributed by atoms with Gasteiger partial charge in [0.2, 0.25) is 0 Å². The second-order valence-electron chi connectivity index (χ2n) is 17.7. The van der Waals surface area contributed by atoms with Gasteiger partial charge in [-0.3, -0.25) is 18.6 Å². The molecular formula is C52H100NO8P. The van der Waals surface area contributed by atoms with E-state index in [-0.39, 0.29) is 32.0 Å².